The molecule has 0 aliphatic rings. The zero-order valence-corrected chi connectivity index (χ0v) is 26.5. The summed E-state index contributed by atoms with van der Waals surface area (Å²) in [5.74, 6) is 0.386. The zero-order chi connectivity index (χ0) is 22.4. The Balaban J connectivity index is 5.21. The lowest BCUT2D eigenvalue weighted by Crippen LogP contribution is -2.22. The van der Waals surface area contributed by atoms with Gasteiger partial charge < -0.3 is 9.05 Å². The minimum atomic E-state index is -0.494. The van der Waals surface area contributed by atoms with Crippen LogP contribution in [0.1, 0.15) is 41.0 Å². The summed E-state index contributed by atoms with van der Waals surface area (Å²) in [6.45, 7) is 14.5. The second-order valence-electron chi connectivity index (χ2n) is 6.88. The van der Waals surface area contributed by atoms with E-state index in [9.17, 15) is 0 Å². The molecule has 0 saturated carbocycles. The first-order chi connectivity index (χ1) is 13.6. The highest BCUT2D eigenvalue weighted by Crippen LogP contribution is 2.68. The van der Waals surface area contributed by atoms with Crippen LogP contribution < -0.4 is 0 Å². The normalized spacial score (nSPS) is 20.0. The summed E-state index contributed by atoms with van der Waals surface area (Å²) in [5.41, 5.74) is 3.59. The van der Waals surface area contributed by atoms with E-state index in [-0.39, 0.29) is 12.2 Å². The molecule has 0 aromatic rings. The Kier molecular flexibility index (Phi) is 19.8. The molecule has 8 unspecified atom stereocenters. The van der Waals surface area contributed by atoms with Gasteiger partial charge in [-0.2, -0.15) is 0 Å². The van der Waals surface area contributed by atoms with Gasteiger partial charge in [0, 0.05) is 0 Å². The Bertz CT molecular complexity index is 603. The van der Waals surface area contributed by atoms with Crippen LogP contribution in [0, 0.1) is 5.92 Å². The molecule has 0 fully saturated rings. The molecule has 0 aliphatic heterocycles. The van der Waals surface area contributed by atoms with E-state index >= 15 is 0 Å². The Hall–Kier alpha value is 2.06. The molecule has 0 heterocycles. The van der Waals surface area contributed by atoms with Gasteiger partial charge in [-0.25, -0.2) is 0 Å². The van der Waals surface area contributed by atoms with Crippen molar-refractivity contribution in [3.05, 3.63) is 59.8 Å². The molecule has 0 bridgehead atoms. The van der Waals surface area contributed by atoms with Gasteiger partial charge in [0.15, 0.2) is 0 Å². The van der Waals surface area contributed by atoms with E-state index in [0.29, 0.717) is 5.92 Å². The first-order valence-corrected chi connectivity index (χ1v) is 22.4. The molecule has 0 aromatic carbocycles. The molecular formula is C19H38O2P8. The molecule has 0 saturated heterocycles. The SMILES string of the molecule is C=C/C(C)=C/C(C)=C/C=C/C(C)=C/[C@H](OP(P)PP)[C@@H](C)C[C@H](C)OP(P)PP. The topological polar surface area (TPSA) is 18.5 Å². The largest absolute Gasteiger partial charge is 0.348 e. The molecule has 166 valence electrons. The van der Waals surface area contributed by atoms with Gasteiger partial charge in [-0.3, -0.25) is 0 Å². The molecule has 0 radical (unpaired) electrons. The van der Waals surface area contributed by atoms with Crippen LogP contribution in [-0.4, -0.2) is 12.2 Å². The van der Waals surface area contributed by atoms with Crippen LogP contribution in [0.4, 0.5) is 0 Å². The van der Waals surface area contributed by atoms with Crippen LogP contribution >= 0.6 is 66.7 Å². The van der Waals surface area contributed by atoms with Crippen LogP contribution in [0.25, 0.3) is 0 Å². The number of rotatable bonds is 14. The number of allylic oxidation sites excluding steroid dienone is 8. The molecule has 2 nitrogen and oxygen atoms in total. The second-order valence-corrected chi connectivity index (χ2v) is 23.9. The lowest BCUT2D eigenvalue weighted by molar-refractivity contribution is 0.153. The van der Waals surface area contributed by atoms with Crippen LogP contribution in [0.2, 0.25) is 0 Å². The first-order valence-electron chi connectivity index (χ1n) is 9.32. The standard InChI is InChI=1S/C19H38O2P8/c1-7-14(2)11-15(3)9-8-10-16(4)12-19(21-29(25)27-23)17(5)13-18(6)20-28(24)26-22/h7-12,17-19,26-27H,1,13,22-25H2,2-6H3/b10-8+,14-11+,15-9+,16-12+/t17-,18-,19-,28?,29?/m0/s1. The fourth-order valence-electron chi connectivity index (χ4n) is 2.52. The lowest BCUT2D eigenvalue weighted by atomic mass is 9.96. The van der Waals surface area contributed by atoms with E-state index in [0.717, 1.165) is 22.3 Å². The highest BCUT2D eigenvalue weighted by molar-refractivity contribution is 8.60. The summed E-state index contributed by atoms with van der Waals surface area (Å²) in [5, 5.41) is 0. The summed E-state index contributed by atoms with van der Waals surface area (Å²) < 4.78 is 12.5. The number of hydrogen-bond acceptors (Lipinski definition) is 2. The maximum absolute atomic E-state index is 6.37. The Morgan fingerprint density at radius 2 is 1.59 bits per heavy atom. The molecule has 0 spiro atoms. The minimum absolute atomic E-state index is 0.0875. The monoisotopic (exact) mass is 546 g/mol. The smallest absolute Gasteiger partial charge is 0.0839 e. The summed E-state index contributed by atoms with van der Waals surface area (Å²) in [7, 11) is 11.9. The third kappa shape index (κ3) is 16.3. The van der Waals surface area contributed by atoms with E-state index in [1.54, 1.807) is 0 Å². The predicted octanol–water partition coefficient (Wildman–Crippen LogP) is 9.53. The van der Waals surface area contributed by atoms with Crippen molar-refractivity contribution in [1.82, 2.24) is 0 Å². The summed E-state index contributed by atoms with van der Waals surface area (Å²) in [6, 6.07) is 0. The zero-order valence-electron chi connectivity index (χ0n) is 18.1. The summed E-state index contributed by atoms with van der Waals surface area (Å²) in [6.07, 6.45) is 13.9. The van der Waals surface area contributed by atoms with Crippen molar-refractivity contribution in [1.29, 1.82) is 0 Å². The van der Waals surface area contributed by atoms with Gasteiger partial charge in [-0.05, 0) is 55.9 Å². The van der Waals surface area contributed by atoms with Crippen LogP contribution in [0.5, 0.6) is 0 Å². The van der Waals surface area contributed by atoms with Gasteiger partial charge in [0.05, 0.1) is 27.3 Å². The average molecular weight is 546 g/mol. The quantitative estimate of drug-likeness (QED) is 0.160. The molecule has 11 atom stereocenters. The fraction of sp³-hybridized carbons (Fsp3) is 0.474. The van der Waals surface area contributed by atoms with E-state index in [1.807, 2.05) is 6.08 Å². The average Bonchev–Trinajstić information content (AvgIpc) is 2.66. The third-order valence-corrected chi connectivity index (χ3v) is 21.1. The lowest BCUT2D eigenvalue weighted by Gasteiger charge is -2.27. The van der Waals surface area contributed by atoms with Crippen molar-refractivity contribution in [3.8, 4) is 0 Å². The van der Waals surface area contributed by atoms with Gasteiger partial charge in [-0.15, -0.1) is 17.9 Å². The Labute approximate surface area is 194 Å². The molecule has 0 rings (SSSR count). The maximum Gasteiger partial charge on any atom is 0.0839 e. The Morgan fingerprint density at radius 3 is 2.14 bits per heavy atom. The van der Waals surface area contributed by atoms with Gasteiger partial charge in [-0.1, -0.05) is 84.5 Å². The van der Waals surface area contributed by atoms with Gasteiger partial charge in [0.1, 0.15) is 0 Å². The van der Waals surface area contributed by atoms with Crippen molar-refractivity contribution in [2.45, 2.75) is 53.2 Å². The highest BCUT2D eigenvalue weighted by Gasteiger charge is 2.22. The van der Waals surface area contributed by atoms with Crippen molar-refractivity contribution in [2.75, 3.05) is 0 Å². The van der Waals surface area contributed by atoms with Gasteiger partial charge in [0.2, 0.25) is 0 Å². The fourth-order valence-corrected chi connectivity index (χ4v) is 7.05. The van der Waals surface area contributed by atoms with Crippen molar-refractivity contribution in [2.24, 2.45) is 5.92 Å². The first kappa shape index (κ1) is 31.1. The van der Waals surface area contributed by atoms with Crippen LogP contribution in [-0.2, 0) is 9.05 Å². The molecule has 0 aromatic heterocycles. The third-order valence-electron chi connectivity index (χ3n) is 3.97. The number of hydrogen-bond donors (Lipinski definition) is 0. The maximum atomic E-state index is 6.37. The van der Waals surface area contributed by atoms with Crippen molar-refractivity contribution < 1.29 is 9.05 Å². The molecule has 10 heteroatoms. The van der Waals surface area contributed by atoms with E-state index in [1.165, 1.54) is 16.7 Å². The van der Waals surface area contributed by atoms with E-state index in [4.69, 9.17) is 9.05 Å². The molecule has 0 amide bonds. The molecule has 0 aliphatic carbocycles. The van der Waals surface area contributed by atoms with E-state index in [2.05, 4.69) is 107 Å². The molecule has 29 heavy (non-hydrogen) atoms. The molecule has 0 N–H and O–H groups in total. The summed E-state index contributed by atoms with van der Waals surface area (Å²) in [4.78, 5) is 0. The summed E-state index contributed by atoms with van der Waals surface area (Å²) >= 11 is 0. The molecular weight excluding hydrogens is 508 g/mol. The van der Waals surface area contributed by atoms with E-state index < -0.39 is 15.1 Å². The van der Waals surface area contributed by atoms with Gasteiger partial charge in [0.25, 0.3) is 0 Å². The van der Waals surface area contributed by atoms with Crippen molar-refractivity contribution in [3.63, 3.8) is 0 Å². The van der Waals surface area contributed by atoms with Crippen molar-refractivity contribution >= 4 is 66.7 Å². The Morgan fingerprint density at radius 1 is 1.00 bits per heavy atom. The minimum Gasteiger partial charge on any atom is -0.348 e. The predicted molar refractivity (Wildman–Crippen MR) is 159 cm³/mol. The highest BCUT2D eigenvalue weighted by atomic mass is 32.6. The van der Waals surface area contributed by atoms with Gasteiger partial charge >= 0.3 is 0 Å². The van der Waals surface area contributed by atoms with Crippen LogP contribution in [0.3, 0.4) is 0 Å². The van der Waals surface area contributed by atoms with Crippen LogP contribution in [0.15, 0.2) is 59.8 Å². The second kappa shape index (κ2) is 18.5.